The zero-order valence-electron chi connectivity index (χ0n) is 17.0. The topological polar surface area (TPSA) is 98.0 Å². The third kappa shape index (κ3) is 3.34. The van der Waals surface area contributed by atoms with Gasteiger partial charge in [-0.15, -0.1) is 0 Å². The fourth-order valence-electron chi connectivity index (χ4n) is 3.73. The van der Waals surface area contributed by atoms with Gasteiger partial charge in [0.2, 0.25) is 5.91 Å². The zero-order chi connectivity index (χ0) is 21.7. The second-order valence-corrected chi connectivity index (χ2v) is 7.75. The van der Waals surface area contributed by atoms with Crippen LogP contribution in [0.2, 0.25) is 0 Å². The molecule has 1 N–H and O–H groups in total. The van der Waals surface area contributed by atoms with Gasteiger partial charge in [-0.1, -0.05) is 6.92 Å². The van der Waals surface area contributed by atoms with E-state index in [0.29, 0.717) is 29.0 Å². The van der Waals surface area contributed by atoms with Crippen molar-refractivity contribution in [3.63, 3.8) is 0 Å². The lowest BCUT2D eigenvalue weighted by molar-refractivity contribution is -0.117. The van der Waals surface area contributed by atoms with Crippen LogP contribution in [0, 0.1) is 12.8 Å². The van der Waals surface area contributed by atoms with Crippen LogP contribution < -0.4 is 5.32 Å². The molecule has 0 unspecified atom stereocenters. The Balaban J connectivity index is 1.59. The second kappa shape index (κ2) is 7.23. The number of aromatic nitrogens is 3. The highest BCUT2D eigenvalue weighted by Crippen LogP contribution is 2.37. The van der Waals surface area contributed by atoms with Crippen molar-refractivity contribution in [3.05, 3.63) is 48.2 Å². The number of carbonyl (C=O) groups excluding carboxylic acids is 2. The molecule has 156 valence electrons. The van der Waals surface area contributed by atoms with E-state index in [1.54, 1.807) is 31.5 Å². The first-order chi connectivity index (χ1) is 15.0. The van der Waals surface area contributed by atoms with Gasteiger partial charge in [0.25, 0.3) is 0 Å². The van der Waals surface area contributed by atoms with Crippen molar-refractivity contribution in [2.45, 2.75) is 32.9 Å². The summed E-state index contributed by atoms with van der Waals surface area (Å²) >= 11 is 0. The molecule has 8 heteroatoms. The number of amides is 1. The average molecular weight is 418 g/mol. The van der Waals surface area contributed by atoms with Crippen LogP contribution in [-0.4, -0.2) is 32.8 Å². The summed E-state index contributed by atoms with van der Waals surface area (Å²) in [5.41, 5.74) is 4.18. The highest BCUT2D eigenvalue weighted by molar-refractivity contribution is 6.10. The van der Waals surface area contributed by atoms with E-state index in [0.717, 1.165) is 27.5 Å². The van der Waals surface area contributed by atoms with Crippen LogP contribution >= 0.6 is 0 Å². The molecule has 1 amide bonds. The predicted molar refractivity (Wildman–Crippen MR) is 114 cm³/mol. The zero-order valence-corrected chi connectivity index (χ0v) is 17.0. The van der Waals surface area contributed by atoms with Gasteiger partial charge in [0.15, 0.2) is 17.8 Å². The van der Waals surface area contributed by atoms with E-state index in [2.05, 4.69) is 20.3 Å². The molecular weight excluding hydrogens is 399 g/mol. The molecular formula is C23H19FN4O3. The van der Waals surface area contributed by atoms with Gasteiger partial charge in [-0.3, -0.25) is 14.6 Å². The summed E-state index contributed by atoms with van der Waals surface area (Å²) in [6.45, 7) is 3.73. The molecule has 3 heterocycles. The number of fused-ring (bicyclic) bond motifs is 3. The van der Waals surface area contributed by atoms with Crippen LogP contribution in [-0.2, 0) is 4.79 Å². The minimum atomic E-state index is -1.07. The number of rotatable bonds is 5. The first-order valence-corrected chi connectivity index (χ1v) is 10.1. The SMILES string of the molecule is CCC(=O)c1cc(C)c(-c2cc3cnc(NC(=O)[C@H]4C[C@H]4F)cc3c3ocnc23)cn1. The normalized spacial score (nSPS) is 17.8. The molecule has 0 bridgehead atoms. The molecule has 7 nitrogen and oxygen atoms in total. The van der Waals surface area contributed by atoms with Crippen molar-refractivity contribution in [2.75, 3.05) is 5.32 Å². The smallest absolute Gasteiger partial charge is 0.231 e. The fourth-order valence-corrected chi connectivity index (χ4v) is 3.73. The van der Waals surface area contributed by atoms with Crippen molar-refractivity contribution >= 4 is 39.4 Å². The number of aryl methyl sites for hydroxylation is 1. The highest BCUT2D eigenvalue weighted by atomic mass is 19.1. The molecule has 1 aliphatic carbocycles. The fraction of sp³-hybridized carbons (Fsp3) is 0.261. The molecule has 0 saturated heterocycles. The third-order valence-corrected chi connectivity index (χ3v) is 5.61. The van der Waals surface area contributed by atoms with Crippen LogP contribution in [0.3, 0.4) is 0 Å². The number of nitrogens with one attached hydrogen (secondary N) is 1. The Labute approximate surface area is 176 Å². The van der Waals surface area contributed by atoms with Crippen molar-refractivity contribution in [1.82, 2.24) is 15.0 Å². The Hall–Kier alpha value is -3.68. The number of ketones is 1. The number of Topliss-reactive ketones (excluding diaryl/α,β-unsaturated/α-hetero) is 1. The van der Waals surface area contributed by atoms with E-state index in [9.17, 15) is 14.0 Å². The third-order valence-electron chi connectivity index (χ3n) is 5.61. The highest BCUT2D eigenvalue weighted by Gasteiger charge is 2.43. The number of halogens is 1. The van der Waals surface area contributed by atoms with E-state index in [-0.39, 0.29) is 18.1 Å². The number of carbonyl (C=O) groups is 2. The van der Waals surface area contributed by atoms with Gasteiger partial charge < -0.3 is 9.73 Å². The van der Waals surface area contributed by atoms with Gasteiger partial charge in [-0.05, 0) is 37.1 Å². The van der Waals surface area contributed by atoms with Gasteiger partial charge in [-0.2, -0.15) is 0 Å². The van der Waals surface area contributed by atoms with Crippen LogP contribution in [0.4, 0.5) is 10.2 Å². The molecule has 1 aliphatic rings. The van der Waals surface area contributed by atoms with E-state index < -0.39 is 12.1 Å². The minimum Gasteiger partial charge on any atom is -0.443 e. The number of anilines is 1. The summed E-state index contributed by atoms with van der Waals surface area (Å²) in [4.78, 5) is 37.0. The first-order valence-electron chi connectivity index (χ1n) is 10.1. The van der Waals surface area contributed by atoms with Gasteiger partial charge in [0, 0.05) is 40.7 Å². The lowest BCUT2D eigenvalue weighted by Crippen LogP contribution is -2.15. The molecule has 0 spiro atoms. The molecule has 2 atom stereocenters. The molecule has 3 aromatic heterocycles. The molecule has 1 aromatic carbocycles. The number of hydrogen-bond donors (Lipinski definition) is 1. The Morgan fingerprint density at radius 1 is 1.16 bits per heavy atom. The van der Waals surface area contributed by atoms with Gasteiger partial charge in [0.1, 0.15) is 23.2 Å². The van der Waals surface area contributed by atoms with Gasteiger partial charge in [0.05, 0.1) is 5.92 Å². The van der Waals surface area contributed by atoms with Crippen molar-refractivity contribution in [1.29, 1.82) is 0 Å². The molecule has 1 fully saturated rings. The van der Waals surface area contributed by atoms with Crippen molar-refractivity contribution in [2.24, 2.45) is 5.92 Å². The van der Waals surface area contributed by atoms with Crippen molar-refractivity contribution < 1.29 is 18.4 Å². The summed E-state index contributed by atoms with van der Waals surface area (Å²) in [6.07, 6.45) is 4.26. The van der Waals surface area contributed by atoms with Crippen LogP contribution in [0.5, 0.6) is 0 Å². The minimum absolute atomic E-state index is 0.0104. The number of oxazole rings is 1. The number of pyridine rings is 2. The lowest BCUT2D eigenvalue weighted by Gasteiger charge is -2.10. The first kappa shape index (κ1) is 19.3. The second-order valence-electron chi connectivity index (χ2n) is 7.75. The summed E-state index contributed by atoms with van der Waals surface area (Å²) in [5.74, 6) is -0.637. The van der Waals surface area contributed by atoms with E-state index in [1.807, 2.05) is 13.0 Å². The molecule has 1 saturated carbocycles. The monoisotopic (exact) mass is 418 g/mol. The van der Waals surface area contributed by atoms with Gasteiger partial charge in [-0.25, -0.2) is 14.4 Å². The summed E-state index contributed by atoms with van der Waals surface area (Å²) in [6, 6.07) is 5.42. The summed E-state index contributed by atoms with van der Waals surface area (Å²) in [5, 5.41) is 4.19. The Morgan fingerprint density at radius 2 is 1.97 bits per heavy atom. The molecule has 0 radical (unpaired) electrons. The maximum Gasteiger partial charge on any atom is 0.231 e. The largest absolute Gasteiger partial charge is 0.443 e. The summed E-state index contributed by atoms with van der Waals surface area (Å²) < 4.78 is 18.8. The molecule has 5 rings (SSSR count). The van der Waals surface area contributed by atoms with Crippen molar-refractivity contribution in [3.8, 4) is 11.1 Å². The van der Waals surface area contributed by atoms with Gasteiger partial charge >= 0.3 is 0 Å². The molecule has 0 aliphatic heterocycles. The standard InChI is InChI=1S/C23H19FN4O3/c1-3-19(29)18-4-11(2)16(9-25-18)14-5-12-8-26-20(28-23(30)15-6-17(15)24)7-13(12)22-21(14)27-10-31-22/h4-5,7-10,15,17H,3,6H2,1-2H3,(H,26,28,30)/t15-,17+/m0/s1. The van der Waals surface area contributed by atoms with Crippen LogP contribution in [0.25, 0.3) is 33.0 Å². The Bertz CT molecular complexity index is 1360. The maximum atomic E-state index is 13.1. The van der Waals surface area contributed by atoms with Crippen LogP contribution in [0.15, 0.2) is 41.4 Å². The van der Waals surface area contributed by atoms with E-state index in [1.165, 1.54) is 6.39 Å². The molecule has 31 heavy (non-hydrogen) atoms. The Kier molecular flexibility index (Phi) is 4.50. The number of benzene rings is 1. The van der Waals surface area contributed by atoms with Crippen LogP contribution in [0.1, 0.15) is 35.8 Å². The molecule has 4 aromatic rings. The number of hydrogen-bond acceptors (Lipinski definition) is 6. The maximum absolute atomic E-state index is 13.1. The van der Waals surface area contributed by atoms with E-state index >= 15 is 0 Å². The number of nitrogens with zero attached hydrogens (tertiary/aromatic N) is 3. The quantitative estimate of drug-likeness (QED) is 0.474. The predicted octanol–water partition coefficient (Wildman–Crippen LogP) is 4.64. The number of alkyl halides is 1. The lowest BCUT2D eigenvalue weighted by atomic mass is 9.97. The average Bonchev–Trinajstić information content (AvgIpc) is 3.30. The van der Waals surface area contributed by atoms with E-state index in [4.69, 9.17) is 4.42 Å². The Morgan fingerprint density at radius 3 is 2.68 bits per heavy atom. The summed E-state index contributed by atoms with van der Waals surface area (Å²) in [7, 11) is 0.